The largest absolute Gasteiger partial charge is 0.344 e. The molecule has 5 aromatic carbocycles. The van der Waals surface area contributed by atoms with Crippen LogP contribution in [0.5, 0.6) is 0 Å². The molecule has 7 rings (SSSR count). The van der Waals surface area contributed by atoms with Crippen LogP contribution >= 0.6 is 11.3 Å². The topological polar surface area (TPSA) is 6.48 Å². The molecule has 0 spiro atoms. The Morgan fingerprint density at radius 1 is 0.585 bits per heavy atom. The number of hydrogen-bond donors (Lipinski definition) is 0. The molecule has 0 N–H and O–H groups in total. The molecule has 0 fully saturated rings. The van der Waals surface area contributed by atoms with Crippen molar-refractivity contribution in [2.75, 3.05) is 16.8 Å². The molecule has 0 saturated carbocycles. The molecule has 0 bridgehead atoms. The average Bonchev–Trinajstić information content (AvgIpc) is 3.51. The highest BCUT2D eigenvalue weighted by molar-refractivity contribution is 7.16. The Labute approximate surface area is 246 Å². The van der Waals surface area contributed by atoms with Crippen LogP contribution in [-0.4, -0.2) is 7.05 Å². The highest BCUT2D eigenvalue weighted by atomic mass is 32.1. The summed E-state index contributed by atoms with van der Waals surface area (Å²) in [5, 5.41) is 0. The number of thiophene rings is 1. The normalized spacial score (nSPS) is 12.3. The fourth-order valence-corrected chi connectivity index (χ4v) is 6.57. The molecule has 0 aliphatic carbocycles. The van der Waals surface area contributed by atoms with E-state index in [1.165, 1.54) is 43.4 Å². The lowest BCUT2D eigenvalue weighted by Crippen LogP contribution is -2.18. The zero-order valence-electron chi connectivity index (χ0n) is 22.9. The maximum Gasteiger partial charge on any atom is 0.0462 e. The van der Waals surface area contributed by atoms with E-state index in [0.29, 0.717) is 0 Å². The smallest absolute Gasteiger partial charge is 0.0462 e. The van der Waals surface area contributed by atoms with Crippen LogP contribution in [0.1, 0.15) is 21.6 Å². The van der Waals surface area contributed by atoms with E-state index in [1.807, 2.05) is 11.3 Å². The van der Waals surface area contributed by atoms with E-state index >= 15 is 0 Å². The van der Waals surface area contributed by atoms with Crippen molar-refractivity contribution in [3.63, 3.8) is 0 Å². The summed E-state index contributed by atoms with van der Waals surface area (Å²) in [7, 11) is 2.16. The fourth-order valence-electron chi connectivity index (χ4n) is 5.65. The van der Waals surface area contributed by atoms with Gasteiger partial charge in [0.05, 0.1) is 0 Å². The molecule has 198 valence electrons. The van der Waals surface area contributed by atoms with Crippen molar-refractivity contribution in [1.29, 1.82) is 0 Å². The van der Waals surface area contributed by atoms with Gasteiger partial charge in [0.1, 0.15) is 0 Å². The van der Waals surface area contributed by atoms with Crippen molar-refractivity contribution in [3.05, 3.63) is 161 Å². The fraction of sp³-hybridized carbons (Fsp3) is 0.0526. The van der Waals surface area contributed by atoms with Crippen molar-refractivity contribution in [1.82, 2.24) is 0 Å². The third kappa shape index (κ3) is 5.08. The van der Waals surface area contributed by atoms with Crippen LogP contribution in [0.4, 0.5) is 28.4 Å². The molecule has 1 aromatic heterocycles. The SMILES string of the molecule is CN1c2ccccc2Cc2cc(C=Cc3ccc(-c4ccc(N(c5ccccc5)c5ccccc5)cc4)s3)ccc21. The predicted octanol–water partition coefficient (Wildman–Crippen LogP) is 10.7. The summed E-state index contributed by atoms with van der Waals surface area (Å²) in [6, 6.07) is 49.9. The summed E-state index contributed by atoms with van der Waals surface area (Å²) < 4.78 is 0. The second-order valence-corrected chi connectivity index (χ2v) is 11.5. The van der Waals surface area contributed by atoms with Gasteiger partial charge in [-0.25, -0.2) is 0 Å². The maximum absolute atomic E-state index is 2.33. The van der Waals surface area contributed by atoms with Crippen LogP contribution in [0, 0.1) is 0 Å². The molecule has 41 heavy (non-hydrogen) atoms. The lowest BCUT2D eigenvalue weighted by Gasteiger charge is -2.30. The van der Waals surface area contributed by atoms with E-state index in [9.17, 15) is 0 Å². The van der Waals surface area contributed by atoms with Gasteiger partial charge in [-0.3, -0.25) is 0 Å². The molecule has 0 unspecified atom stereocenters. The zero-order valence-corrected chi connectivity index (χ0v) is 23.8. The maximum atomic E-state index is 2.33. The van der Waals surface area contributed by atoms with Gasteiger partial charge >= 0.3 is 0 Å². The second kappa shape index (κ2) is 11.0. The standard InChI is InChI=1S/C38H30N2S/c1-39-36-15-9-8-10-30(36)27-31-26-28(17-24-37(31)39)16-22-35-23-25-38(41-35)29-18-20-34(21-19-29)40(32-11-4-2-5-12-32)33-13-6-3-7-14-33/h2-26H,27H2,1H3. The van der Waals surface area contributed by atoms with Gasteiger partial charge in [0.25, 0.3) is 0 Å². The minimum atomic E-state index is 0.975. The monoisotopic (exact) mass is 546 g/mol. The van der Waals surface area contributed by atoms with Crippen molar-refractivity contribution in [3.8, 4) is 10.4 Å². The van der Waals surface area contributed by atoms with Crippen LogP contribution in [0.25, 0.3) is 22.6 Å². The lowest BCUT2D eigenvalue weighted by atomic mass is 9.94. The van der Waals surface area contributed by atoms with Crippen LogP contribution in [-0.2, 0) is 6.42 Å². The van der Waals surface area contributed by atoms with Crippen LogP contribution in [0.15, 0.2) is 140 Å². The minimum Gasteiger partial charge on any atom is -0.344 e. The first-order chi connectivity index (χ1) is 20.2. The van der Waals surface area contributed by atoms with E-state index in [0.717, 1.165) is 23.5 Å². The van der Waals surface area contributed by atoms with Gasteiger partial charge in [-0.05, 0) is 95.1 Å². The molecule has 2 heterocycles. The van der Waals surface area contributed by atoms with E-state index in [2.05, 4.69) is 169 Å². The molecule has 3 heteroatoms. The number of rotatable bonds is 6. The third-order valence-corrected chi connectivity index (χ3v) is 8.80. The summed E-state index contributed by atoms with van der Waals surface area (Å²) in [6.45, 7) is 0. The van der Waals surface area contributed by atoms with Gasteiger partial charge in [-0.2, -0.15) is 0 Å². The molecule has 2 nitrogen and oxygen atoms in total. The highest BCUT2D eigenvalue weighted by Crippen LogP contribution is 2.39. The van der Waals surface area contributed by atoms with E-state index in [4.69, 9.17) is 0 Å². The molecule has 0 amide bonds. The summed E-state index contributed by atoms with van der Waals surface area (Å²) in [5.74, 6) is 0. The Bertz CT molecular complexity index is 1780. The Morgan fingerprint density at radius 3 is 1.95 bits per heavy atom. The molecule has 1 aliphatic heterocycles. The Morgan fingerprint density at radius 2 is 1.22 bits per heavy atom. The molecule has 0 saturated heterocycles. The number of fused-ring (bicyclic) bond motifs is 2. The van der Waals surface area contributed by atoms with E-state index in [1.54, 1.807) is 0 Å². The highest BCUT2D eigenvalue weighted by Gasteiger charge is 2.19. The lowest BCUT2D eigenvalue weighted by molar-refractivity contribution is 1.05. The van der Waals surface area contributed by atoms with Crippen molar-refractivity contribution < 1.29 is 0 Å². The zero-order chi connectivity index (χ0) is 27.6. The first-order valence-corrected chi connectivity index (χ1v) is 14.8. The van der Waals surface area contributed by atoms with Gasteiger partial charge in [-0.15, -0.1) is 11.3 Å². The van der Waals surface area contributed by atoms with Crippen molar-refractivity contribution in [2.45, 2.75) is 6.42 Å². The molecule has 0 radical (unpaired) electrons. The Hall–Kier alpha value is -4.86. The number of benzene rings is 5. The van der Waals surface area contributed by atoms with E-state index < -0.39 is 0 Å². The summed E-state index contributed by atoms with van der Waals surface area (Å²) >= 11 is 1.82. The Balaban J connectivity index is 1.10. The molecular formula is C38H30N2S. The first kappa shape index (κ1) is 25.1. The first-order valence-electron chi connectivity index (χ1n) is 14.0. The number of anilines is 5. The minimum absolute atomic E-state index is 0.975. The summed E-state index contributed by atoms with van der Waals surface area (Å²) in [5.41, 5.74) is 11.3. The second-order valence-electron chi connectivity index (χ2n) is 10.3. The molecule has 1 aliphatic rings. The van der Waals surface area contributed by atoms with Gasteiger partial charge < -0.3 is 9.80 Å². The van der Waals surface area contributed by atoms with Crippen molar-refractivity contribution in [2.24, 2.45) is 0 Å². The van der Waals surface area contributed by atoms with Crippen LogP contribution in [0.2, 0.25) is 0 Å². The molecule has 6 aromatic rings. The Kier molecular flexibility index (Phi) is 6.72. The summed E-state index contributed by atoms with van der Waals surface area (Å²) in [4.78, 5) is 7.11. The molecule has 0 atom stereocenters. The predicted molar refractivity (Wildman–Crippen MR) is 177 cm³/mol. The quantitative estimate of drug-likeness (QED) is 0.205. The van der Waals surface area contributed by atoms with Gasteiger partial charge in [-0.1, -0.05) is 78.9 Å². The van der Waals surface area contributed by atoms with Gasteiger partial charge in [0, 0.05) is 51.7 Å². The summed E-state index contributed by atoms with van der Waals surface area (Å²) in [6.07, 6.45) is 5.44. The molecular weight excluding hydrogens is 516 g/mol. The number of hydrogen-bond acceptors (Lipinski definition) is 3. The van der Waals surface area contributed by atoms with Crippen LogP contribution in [0.3, 0.4) is 0 Å². The third-order valence-electron chi connectivity index (χ3n) is 7.70. The van der Waals surface area contributed by atoms with Crippen molar-refractivity contribution >= 4 is 51.9 Å². The van der Waals surface area contributed by atoms with Gasteiger partial charge in [0.2, 0.25) is 0 Å². The van der Waals surface area contributed by atoms with Crippen LogP contribution < -0.4 is 9.80 Å². The van der Waals surface area contributed by atoms with E-state index in [-0.39, 0.29) is 0 Å². The number of para-hydroxylation sites is 3. The van der Waals surface area contributed by atoms with Gasteiger partial charge in [0.15, 0.2) is 0 Å². The number of nitrogens with zero attached hydrogens (tertiary/aromatic N) is 2. The average molecular weight is 547 g/mol.